The Kier molecular flexibility index (Phi) is 6.61. The van der Waals surface area contributed by atoms with Crippen molar-refractivity contribution in [2.75, 3.05) is 13.7 Å². The average molecular weight is 426 g/mol. The molecule has 1 atom stereocenters. The molecule has 158 valence electrons. The monoisotopic (exact) mass is 425 g/mol. The Hall–Kier alpha value is -2.67. The molecule has 3 aromatic rings. The van der Waals surface area contributed by atoms with E-state index in [9.17, 15) is 13.5 Å². The third-order valence-electron chi connectivity index (χ3n) is 5.15. The molecule has 0 bridgehead atoms. The molecule has 0 radical (unpaired) electrons. The van der Waals surface area contributed by atoms with Gasteiger partial charge in [-0.05, 0) is 47.7 Å². The Morgan fingerprint density at radius 2 is 1.60 bits per heavy atom. The fourth-order valence-electron chi connectivity index (χ4n) is 3.22. The van der Waals surface area contributed by atoms with E-state index in [2.05, 4.69) is 4.72 Å². The van der Waals surface area contributed by atoms with E-state index in [0.29, 0.717) is 12.0 Å². The minimum absolute atomic E-state index is 0.0691. The van der Waals surface area contributed by atoms with Crippen molar-refractivity contribution in [3.8, 4) is 16.9 Å². The smallest absolute Gasteiger partial charge is 0.244 e. The van der Waals surface area contributed by atoms with Crippen LogP contribution in [0, 0.1) is 0 Å². The molecule has 2 N–H and O–H groups in total. The zero-order valence-electron chi connectivity index (χ0n) is 17.4. The number of aryl methyl sites for hydroxylation is 1. The number of nitrogens with one attached hydrogen (secondary N) is 1. The fourth-order valence-corrected chi connectivity index (χ4v) is 4.57. The number of benzene rings is 3. The predicted octanol–water partition coefficient (Wildman–Crippen LogP) is 4.11. The van der Waals surface area contributed by atoms with E-state index in [-0.39, 0.29) is 17.2 Å². The molecule has 0 amide bonds. The van der Waals surface area contributed by atoms with Gasteiger partial charge in [0.05, 0.1) is 7.11 Å². The van der Waals surface area contributed by atoms with Crippen molar-refractivity contribution >= 4 is 10.0 Å². The van der Waals surface area contributed by atoms with Crippen LogP contribution in [0.3, 0.4) is 0 Å². The lowest BCUT2D eigenvalue weighted by molar-refractivity contribution is 0.0627. The second kappa shape index (κ2) is 9.00. The molecule has 0 aliphatic heterocycles. The lowest BCUT2D eigenvalue weighted by atomic mass is 9.94. The zero-order chi connectivity index (χ0) is 21.8. The number of hydrogen-bond acceptors (Lipinski definition) is 4. The molecule has 0 aliphatic rings. The molecule has 30 heavy (non-hydrogen) atoms. The van der Waals surface area contributed by atoms with Crippen LogP contribution in [-0.4, -0.2) is 27.2 Å². The summed E-state index contributed by atoms with van der Waals surface area (Å²) in [5.74, 6) is 0.270. The van der Waals surface area contributed by atoms with E-state index in [1.54, 1.807) is 19.1 Å². The number of sulfonamides is 1. The van der Waals surface area contributed by atoms with Gasteiger partial charge in [0, 0.05) is 6.54 Å². The van der Waals surface area contributed by atoms with Crippen molar-refractivity contribution in [1.29, 1.82) is 0 Å². The first-order chi connectivity index (χ1) is 14.3. The Morgan fingerprint density at radius 3 is 2.20 bits per heavy atom. The van der Waals surface area contributed by atoms with Crippen molar-refractivity contribution < 1.29 is 18.3 Å². The largest absolute Gasteiger partial charge is 0.495 e. The van der Waals surface area contributed by atoms with Crippen LogP contribution >= 0.6 is 0 Å². The van der Waals surface area contributed by atoms with Crippen molar-refractivity contribution in [2.24, 2.45) is 0 Å². The van der Waals surface area contributed by atoms with Crippen molar-refractivity contribution in [1.82, 2.24) is 4.72 Å². The quantitative estimate of drug-likeness (QED) is 0.569. The van der Waals surface area contributed by atoms with Crippen molar-refractivity contribution in [2.45, 2.75) is 30.8 Å². The predicted molar refractivity (Wildman–Crippen MR) is 119 cm³/mol. The Balaban J connectivity index is 1.79. The van der Waals surface area contributed by atoms with Crippen LogP contribution in [0.5, 0.6) is 5.75 Å². The Labute approximate surface area is 178 Å². The highest BCUT2D eigenvalue weighted by atomic mass is 32.2. The van der Waals surface area contributed by atoms with Gasteiger partial charge in [-0.3, -0.25) is 0 Å². The molecule has 0 aromatic heterocycles. The molecule has 0 fully saturated rings. The molecule has 6 heteroatoms. The number of rotatable bonds is 8. The summed E-state index contributed by atoms with van der Waals surface area (Å²) in [7, 11) is -2.43. The zero-order valence-corrected chi connectivity index (χ0v) is 18.2. The Bertz CT molecular complexity index is 1090. The summed E-state index contributed by atoms with van der Waals surface area (Å²) in [5.41, 5.74) is 2.24. The van der Waals surface area contributed by atoms with E-state index in [0.717, 1.165) is 16.7 Å². The van der Waals surface area contributed by atoms with E-state index < -0.39 is 15.6 Å². The summed E-state index contributed by atoms with van der Waals surface area (Å²) >= 11 is 0. The van der Waals surface area contributed by atoms with Gasteiger partial charge < -0.3 is 9.84 Å². The van der Waals surface area contributed by atoms with Gasteiger partial charge in [-0.1, -0.05) is 67.6 Å². The lowest BCUT2D eigenvalue weighted by Gasteiger charge is -2.25. The van der Waals surface area contributed by atoms with Crippen LogP contribution in [0.15, 0.2) is 77.7 Å². The van der Waals surface area contributed by atoms with Crippen LogP contribution in [0.2, 0.25) is 0 Å². The van der Waals surface area contributed by atoms with Crippen LogP contribution in [-0.2, 0) is 22.0 Å². The normalized spacial score (nSPS) is 13.6. The molecule has 5 nitrogen and oxygen atoms in total. The SMILES string of the molecule is CCc1ccc(OC)c(S(=O)(=O)NCC(C)(O)c2ccc(-c3ccccc3)cc2)c1. The molecule has 0 heterocycles. The van der Waals surface area contributed by atoms with Crippen molar-refractivity contribution in [3.05, 3.63) is 83.9 Å². The summed E-state index contributed by atoms with van der Waals surface area (Å²) in [5, 5.41) is 10.9. The summed E-state index contributed by atoms with van der Waals surface area (Å²) in [6, 6.07) is 22.5. The lowest BCUT2D eigenvalue weighted by Crippen LogP contribution is -2.38. The molecule has 1 unspecified atom stereocenters. The molecule has 3 rings (SSSR count). The van der Waals surface area contributed by atoms with Gasteiger partial charge in [0.2, 0.25) is 10.0 Å². The van der Waals surface area contributed by atoms with E-state index in [1.165, 1.54) is 7.11 Å². The first-order valence-electron chi connectivity index (χ1n) is 9.82. The van der Waals surface area contributed by atoms with Gasteiger partial charge in [0.25, 0.3) is 0 Å². The first kappa shape index (κ1) is 22.0. The summed E-state index contributed by atoms with van der Waals surface area (Å²) in [6.45, 7) is 3.38. The second-order valence-corrected chi connectivity index (χ2v) is 9.12. The third kappa shape index (κ3) is 4.90. The molecular formula is C24H27NO4S. The Morgan fingerprint density at radius 1 is 0.967 bits per heavy atom. The van der Waals surface area contributed by atoms with E-state index >= 15 is 0 Å². The van der Waals surface area contributed by atoms with Gasteiger partial charge in [-0.15, -0.1) is 0 Å². The molecule has 0 aliphatic carbocycles. The average Bonchev–Trinajstić information content (AvgIpc) is 2.78. The van der Waals surface area contributed by atoms with Gasteiger partial charge >= 0.3 is 0 Å². The molecule has 0 saturated heterocycles. The molecule has 0 spiro atoms. The van der Waals surface area contributed by atoms with Gasteiger partial charge in [0.1, 0.15) is 16.2 Å². The highest BCUT2D eigenvalue weighted by Gasteiger charge is 2.28. The number of methoxy groups -OCH3 is 1. The van der Waals surface area contributed by atoms with Gasteiger partial charge in [-0.2, -0.15) is 0 Å². The van der Waals surface area contributed by atoms with Crippen LogP contribution in [0.25, 0.3) is 11.1 Å². The first-order valence-corrected chi connectivity index (χ1v) is 11.3. The van der Waals surface area contributed by atoms with Crippen molar-refractivity contribution in [3.63, 3.8) is 0 Å². The minimum atomic E-state index is -3.86. The highest BCUT2D eigenvalue weighted by molar-refractivity contribution is 7.89. The van der Waals surface area contributed by atoms with Gasteiger partial charge in [-0.25, -0.2) is 13.1 Å². The van der Waals surface area contributed by atoms with E-state index in [4.69, 9.17) is 4.74 Å². The maximum absolute atomic E-state index is 12.9. The van der Waals surface area contributed by atoms with Crippen LogP contribution in [0.1, 0.15) is 25.0 Å². The summed E-state index contributed by atoms with van der Waals surface area (Å²) in [4.78, 5) is 0.0691. The van der Waals surface area contributed by atoms with Gasteiger partial charge in [0.15, 0.2) is 0 Å². The van der Waals surface area contributed by atoms with E-state index in [1.807, 2.05) is 67.6 Å². The standard InChI is InChI=1S/C24H27NO4S/c1-4-18-10-15-22(29-3)23(16-18)30(27,28)25-17-24(2,26)21-13-11-20(12-14-21)19-8-6-5-7-9-19/h5-16,25-26H,4,17H2,1-3H3. The maximum Gasteiger partial charge on any atom is 0.244 e. The fraction of sp³-hybridized carbons (Fsp3) is 0.250. The highest BCUT2D eigenvalue weighted by Crippen LogP contribution is 2.28. The van der Waals surface area contributed by atoms with Crippen LogP contribution < -0.4 is 9.46 Å². The third-order valence-corrected chi connectivity index (χ3v) is 6.57. The maximum atomic E-state index is 12.9. The topological polar surface area (TPSA) is 75.6 Å². The van der Waals surface area contributed by atoms with Crippen LogP contribution in [0.4, 0.5) is 0 Å². The summed E-state index contributed by atoms with van der Waals surface area (Å²) < 4.78 is 33.5. The second-order valence-electron chi connectivity index (χ2n) is 7.38. The molecule has 0 saturated carbocycles. The summed E-state index contributed by atoms with van der Waals surface area (Å²) in [6.07, 6.45) is 0.706. The number of ether oxygens (including phenoxy) is 1. The number of hydrogen-bond donors (Lipinski definition) is 2. The minimum Gasteiger partial charge on any atom is -0.495 e. The number of aliphatic hydroxyl groups is 1. The molecular weight excluding hydrogens is 398 g/mol. The molecule has 3 aromatic carbocycles.